The van der Waals surface area contributed by atoms with Crippen LogP contribution in [-0.2, 0) is 25.7 Å². The second kappa shape index (κ2) is 9.91. The number of hydrogen-bond donors (Lipinski definition) is 0. The van der Waals surface area contributed by atoms with E-state index >= 15 is 0 Å². The van der Waals surface area contributed by atoms with Gasteiger partial charge in [0.1, 0.15) is 0 Å². The van der Waals surface area contributed by atoms with Crippen molar-refractivity contribution in [3.63, 3.8) is 0 Å². The molecule has 0 radical (unpaired) electrons. The Bertz CT molecular complexity index is 92.1. The molecule has 0 spiro atoms. The van der Waals surface area contributed by atoms with Crippen molar-refractivity contribution in [3.8, 4) is 0 Å². The molecule has 0 amide bonds. The molecule has 0 fully saturated rings. The van der Waals surface area contributed by atoms with E-state index in [9.17, 15) is 0 Å². The third-order valence-corrected chi connectivity index (χ3v) is 0.556. The van der Waals surface area contributed by atoms with E-state index in [0.717, 1.165) is 0 Å². The van der Waals surface area contributed by atoms with Crippen molar-refractivity contribution in [2.24, 2.45) is 0 Å². The quantitative estimate of drug-likeness (QED) is 0.333. The van der Waals surface area contributed by atoms with Crippen LogP contribution in [0, 0.1) is 6.65 Å². The van der Waals surface area contributed by atoms with Crippen LogP contribution in [0.25, 0.3) is 0 Å². The van der Waals surface area contributed by atoms with Crippen molar-refractivity contribution >= 4 is 0 Å². The zero-order valence-corrected chi connectivity index (χ0v) is 6.21. The van der Waals surface area contributed by atoms with Crippen LogP contribution < -0.4 is 0 Å². The third kappa shape index (κ3) is 5.78. The molecule has 0 bridgehead atoms. The normalized spacial score (nSPS) is 5.25. The Morgan fingerprint density at radius 1 is 1.12 bits per heavy atom. The molecule has 1 aromatic carbocycles. The average molecular weight is 189 g/mol. The maximum absolute atomic E-state index is 7.50. The van der Waals surface area contributed by atoms with E-state index in [1.165, 1.54) is 0 Å². The molecule has 0 saturated carbocycles. The Balaban J connectivity index is 0. The summed E-state index contributed by atoms with van der Waals surface area (Å²) in [6, 6.07) is 10.0. The topological polar surface area (TPSA) is 19.9 Å². The minimum atomic E-state index is 0. The van der Waals surface area contributed by atoms with Crippen LogP contribution in [0.5, 0.6) is 0 Å². The second-order valence-corrected chi connectivity index (χ2v) is 0.962. The maximum Gasteiger partial charge on any atom is 2.00 e. The van der Waals surface area contributed by atoms with Gasteiger partial charge < -0.3 is 0 Å². The van der Waals surface area contributed by atoms with E-state index < -0.39 is 0 Å². The van der Waals surface area contributed by atoms with E-state index in [1.54, 1.807) is 0 Å². The Labute approximate surface area is 63.1 Å². The predicted octanol–water partition coefficient (Wildman–Crippen LogP) is 1.37. The van der Waals surface area contributed by atoms with Gasteiger partial charge in [-0.15, -0.1) is 0 Å². The van der Waals surface area contributed by atoms with Gasteiger partial charge in [-0.25, -0.2) is 12.1 Å². The van der Waals surface area contributed by atoms with Crippen LogP contribution in [0.3, 0.4) is 0 Å². The molecular weight excluding hydrogens is 184 g/mol. The number of hydrogen-bond acceptors (Lipinski definition) is 0. The smallest absolute Gasteiger partial charge is 0.214 e. The maximum atomic E-state index is 7.50. The zero-order chi connectivity index (χ0) is 5.54. The van der Waals surface area contributed by atoms with Crippen LogP contribution in [0.2, 0.25) is 0 Å². The van der Waals surface area contributed by atoms with E-state index in [1.807, 2.05) is 30.3 Å². The van der Waals surface area contributed by atoms with Gasteiger partial charge in [-0.2, -0.15) is 18.2 Å². The molecule has 0 heterocycles. The van der Waals surface area contributed by atoms with Crippen LogP contribution in [-0.4, -0.2) is 0 Å². The van der Waals surface area contributed by atoms with Crippen molar-refractivity contribution in [1.82, 2.24) is 0 Å². The first-order chi connectivity index (χ1) is 3.50. The summed E-state index contributed by atoms with van der Waals surface area (Å²) >= 11 is 0. The molecule has 0 N–H and O–H groups in total. The first-order valence-electron chi connectivity index (χ1n) is 1.87. The van der Waals surface area contributed by atoms with Gasteiger partial charge in [0.2, 0.25) is 0 Å². The van der Waals surface area contributed by atoms with Gasteiger partial charge in [-0.3, -0.25) is 0 Å². The Morgan fingerprint density at radius 3 is 1.62 bits per heavy atom. The largest absolute Gasteiger partial charge is 2.00 e. The minimum Gasteiger partial charge on any atom is -0.214 e. The molecule has 0 aliphatic carbocycles. The zero-order valence-electron chi connectivity index (χ0n) is 4.20. The van der Waals surface area contributed by atoms with Gasteiger partial charge >= 0.3 is 32.4 Å². The van der Waals surface area contributed by atoms with Gasteiger partial charge in [0, 0.05) is 0 Å². The van der Waals surface area contributed by atoms with Gasteiger partial charge in [-0.1, -0.05) is 0 Å². The van der Waals surface area contributed by atoms with Crippen molar-refractivity contribution in [2.75, 3.05) is 0 Å². The summed E-state index contributed by atoms with van der Waals surface area (Å²) in [5.74, 6) is 0. The fourth-order valence-electron chi connectivity index (χ4n) is 0.321. The summed E-state index contributed by atoms with van der Waals surface area (Å²) in [6.45, 7) is 4.50. The van der Waals surface area contributed by atoms with Crippen molar-refractivity contribution < 1.29 is 25.7 Å². The molecular formula is C6H5MoO+. The number of rotatable bonds is 0. The van der Waals surface area contributed by atoms with E-state index in [0.29, 0.717) is 0 Å². The third-order valence-electron chi connectivity index (χ3n) is 0.556. The molecule has 1 aromatic rings. The van der Waals surface area contributed by atoms with E-state index in [-0.39, 0.29) is 21.1 Å². The molecule has 0 unspecified atom stereocenters. The molecule has 0 aromatic heterocycles. The summed E-state index contributed by atoms with van der Waals surface area (Å²) in [6.07, 6.45) is 0. The Morgan fingerprint density at radius 2 is 1.50 bits per heavy atom. The molecule has 2 heteroatoms. The van der Waals surface area contributed by atoms with Crippen LogP contribution in [0.4, 0.5) is 0 Å². The molecule has 1 nitrogen and oxygen atoms in total. The minimum absolute atomic E-state index is 0. The standard InChI is InChI=1S/C5H5.CO.Mo/c1-2-4-5-3-1;1-2;/h1-5H;;/q-1;;+2. The van der Waals surface area contributed by atoms with Crippen LogP contribution >= 0.6 is 0 Å². The Hall–Kier alpha value is -0.222. The molecule has 8 heavy (non-hydrogen) atoms. The van der Waals surface area contributed by atoms with E-state index in [2.05, 4.69) is 6.65 Å². The molecule has 0 atom stereocenters. The summed E-state index contributed by atoms with van der Waals surface area (Å²) in [5.41, 5.74) is 0. The van der Waals surface area contributed by atoms with Gasteiger partial charge in [0.05, 0.1) is 0 Å². The van der Waals surface area contributed by atoms with Crippen molar-refractivity contribution in [1.29, 1.82) is 0 Å². The summed E-state index contributed by atoms with van der Waals surface area (Å²) in [7, 11) is 0. The monoisotopic (exact) mass is 191 g/mol. The second-order valence-electron chi connectivity index (χ2n) is 0.962. The van der Waals surface area contributed by atoms with Crippen LogP contribution in [0.15, 0.2) is 30.3 Å². The molecule has 0 aliphatic rings. The van der Waals surface area contributed by atoms with Crippen molar-refractivity contribution in [3.05, 3.63) is 37.0 Å². The van der Waals surface area contributed by atoms with Crippen LogP contribution in [0.1, 0.15) is 0 Å². The first kappa shape index (κ1) is 10.7. The van der Waals surface area contributed by atoms with E-state index in [4.69, 9.17) is 4.65 Å². The van der Waals surface area contributed by atoms with Gasteiger partial charge in [0.15, 0.2) is 0 Å². The summed E-state index contributed by atoms with van der Waals surface area (Å²) in [4.78, 5) is 0. The van der Waals surface area contributed by atoms with Gasteiger partial charge in [-0.05, 0) is 0 Å². The molecule has 1 rings (SSSR count). The SMILES string of the molecule is [C-]#[O+].[Mo+2].c1cc[cH-]c1. The average Bonchev–Trinajstić information content (AvgIpc) is 2.23. The van der Waals surface area contributed by atoms with Gasteiger partial charge in [0.25, 0.3) is 0 Å². The summed E-state index contributed by atoms with van der Waals surface area (Å²) < 4.78 is 7.50. The molecule has 0 aliphatic heterocycles. The molecule has 40 valence electrons. The first-order valence-corrected chi connectivity index (χ1v) is 1.87. The predicted molar refractivity (Wildman–Crippen MR) is 26.0 cm³/mol. The fourth-order valence-corrected chi connectivity index (χ4v) is 0.321. The molecule has 0 saturated heterocycles. The summed E-state index contributed by atoms with van der Waals surface area (Å²) in [5, 5.41) is 0. The fraction of sp³-hybridized carbons (Fsp3) is 0. The van der Waals surface area contributed by atoms with Crippen molar-refractivity contribution in [2.45, 2.75) is 0 Å². The Kier molecular flexibility index (Phi) is 13.3.